The van der Waals surface area contributed by atoms with E-state index in [0.29, 0.717) is 19.5 Å². The molecule has 0 spiro atoms. The van der Waals surface area contributed by atoms with Gasteiger partial charge in [0.05, 0.1) is 0 Å². The minimum absolute atomic E-state index is 0.0479. The smallest absolute Gasteiger partial charge is 0.224 e. The average Bonchev–Trinajstić information content (AvgIpc) is 2.45. The highest BCUT2D eigenvalue weighted by Gasteiger charge is 2.26. The van der Waals surface area contributed by atoms with Gasteiger partial charge >= 0.3 is 0 Å². The third kappa shape index (κ3) is 2.33. The molecular weight excluding hydrogens is 195 g/mol. The molecule has 1 unspecified atom stereocenters. The average molecular weight is 208 g/mol. The SMILES string of the molecule is NC1CC(=O)N(Cc2cccc(F)c2)C1. The Morgan fingerprint density at radius 3 is 2.93 bits per heavy atom. The fourth-order valence-corrected chi connectivity index (χ4v) is 1.81. The van der Waals surface area contributed by atoms with E-state index in [4.69, 9.17) is 5.73 Å². The van der Waals surface area contributed by atoms with Gasteiger partial charge in [0.2, 0.25) is 5.91 Å². The normalized spacial score (nSPS) is 21.1. The van der Waals surface area contributed by atoms with Crippen molar-refractivity contribution in [2.75, 3.05) is 6.54 Å². The molecule has 1 aliphatic rings. The third-order valence-electron chi connectivity index (χ3n) is 2.51. The molecule has 3 nitrogen and oxygen atoms in total. The number of hydrogen-bond acceptors (Lipinski definition) is 2. The minimum Gasteiger partial charge on any atom is -0.337 e. The van der Waals surface area contributed by atoms with Gasteiger partial charge in [0.1, 0.15) is 5.82 Å². The van der Waals surface area contributed by atoms with Gasteiger partial charge in [-0.2, -0.15) is 0 Å². The van der Waals surface area contributed by atoms with Crippen LogP contribution < -0.4 is 5.73 Å². The summed E-state index contributed by atoms with van der Waals surface area (Å²) < 4.78 is 12.9. The van der Waals surface area contributed by atoms with E-state index in [1.54, 1.807) is 17.0 Å². The molecule has 1 heterocycles. The molecular formula is C11H13FN2O. The van der Waals surface area contributed by atoms with Crippen LogP contribution in [0.1, 0.15) is 12.0 Å². The molecule has 1 amide bonds. The number of halogens is 1. The van der Waals surface area contributed by atoms with Crippen LogP contribution in [-0.4, -0.2) is 23.4 Å². The van der Waals surface area contributed by atoms with Gasteiger partial charge in [-0.3, -0.25) is 4.79 Å². The predicted octanol–water partition coefficient (Wildman–Crippen LogP) is 0.885. The zero-order chi connectivity index (χ0) is 10.8. The lowest BCUT2D eigenvalue weighted by Gasteiger charge is -2.15. The first-order valence-electron chi connectivity index (χ1n) is 4.93. The summed E-state index contributed by atoms with van der Waals surface area (Å²) in [6.45, 7) is 1.01. The van der Waals surface area contributed by atoms with Crippen molar-refractivity contribution in [2.45, 2.75) is 19.0 Å². The van der Waals surface area contributed by atoms with Crippen LogP contribution in [0.2, 0.25) is 0 Å². The highest BCUT2D eigenvalue weighted by Crippen LogP contribution is 2.14. The molecule has 4 heteroatoms. The number of nitrogens with zero attached hydrogens (tertiary/aromatic N) is 1. The highest BCUT2D eigenvalue weighted by molar-refractivity contribution is 5.79. The molecule has 0 aromatic heterocycles. The van der Waals surface area contributed by atoms with Gasteiger partial charge in [-0.1, -0.05) is 12.1 Å². The quantitative estimate of drug-likeness (QED) is 0.784. The fourth-order valence-electron chi connectivity index (χ4n) is 1.81. The van der Waals surface area contributed by atoms with Gasteiger partial charge in [-0.25, -0.2) is 4.39 Å². The Labute approximate surface area is 87.7 Å². The zero-order valence-corrected chi connectivity index (χ0v) is 8.32. The maximum Gasteiger partial charge on any atom is 0.224 e. The number of likely N-dealkylation sites (tertiary alicyclic amines) is 1. The first kappa shape index (κ1) is 10.1. The van der Waals surface area contributed by atoms with Gasteiger partial charge in [0.15, 0.2) is 0 Å². The second kappa shape index (κ2) is 3.98. The summed E-state index contributed by atoms with van der Waals surface area (Å²) in [6.07, 6.45) is 0.398. The van der Waals surface area contributed by atoms with Crippen molar-refractivity contribution in [1.29, 1.82) is 0 Å². The first-order chi connectivity index (χ1) is 7.15. The van der Waals surface area contributed by atoms with E-state index < -0.39 is 0 Å². The molecule has 1 atom stereocenters. The Balaban J connectivity index is 2.06. The summed E-state index contributed by atoms with van der Waals surface area (Å²) in [5, 5.41) is 0. The molecule has 0 bridgehead atoms. The molecule has 1 fully saturated rings. The lowest BCUT2D eigenvalue weighted by atomic mass is 10.2. The second-order valence-corrected chi connectivity index (χ2v) is 3.87. The maximum absolute atomic E-state index is 12.9. The number of carbonyl (C=O) groups excluding carboxylic acids is 1. The standard InChI is InChI=1S/C11H13FN2O/c12-9-3-1-2-8(4-9)6-14-7-10(13)5-11(14)15/h1-4,10H,5-7,13H2. The predicted molar refractivity (Wildman–Crippen MR) is 54.4 cm³/mol. The first-order valence-corrected chi connectivity index (χ1v) is 4.93. The zero-order valence-electron chi connectivity index (χ0n) is 8.32. The Kier molecular flexibility index (Phi) is 2.68. The van der Waals surface area contributed by atoms with Crippen LogP contribution in [-0.2, 0) is 11.3 Å². The molecule has 1 aromatic carbocycles. The van der Waals surface area contributed by atoms with E-state index in [-0.39, 0.29) is 17.8 Å². The number of benzene rings is 1. The molecule has 1 saturated heterocycles. The maximum atomic E-state index is 12.9. The Bertz CT molecular complexity index is 381. The lowest BCUT2D eigenvalue weighted by Crippen LogP contribution is -2.27. The van der Waals surface area contributed by atoms with Crippen LogP contribution in [0.5, 0.6) is 0 Å². The largest absolute Gasteiger partial charge is 0.337 e. The third-order valence-corrected chi connectivity index (χ3v) is 2.51. The number of rotatable bonds is 2. The van der Waals surface area contributed by atoms with E-state index in [0.717, 1.165) is 5.56 Å². The Hall–Kier alpha value is -1.42. The summed E-state index contributed by atoms with van der Waals surface area (Å²) in [7, 11) is 0. The van der Waals surface area contributed by atoms with Crippen LogP contribution in [0.25, 0.3) is 0 Å². The summed E-state index contributed by atoms with van der Waals surface area (Å²) in [5.41, 5.74) is 6.47. The van der Waals surface area contributed by atoms with Crippen molar-refractivity contribution < 1.29 is 9.18 Å². The van der Waals surface area contributed by atoms with Gasteiger partial charge in [0.25, 0.3) is 0 Å². The summed E-state index contributed by atoms with van der Waals surface area (Å²) in [4.78, 5) is 13.1. The van der Waals surface area contributed by atoms with Crippen molar-refractivity contribution in [3.63, 3.8) is 0 Å². The monoisotopic (exact) mass is 208 g/mol. The number of hydrogen-bond donors (Lipinski definition) is 1. The van der Waals surface area contributed by atoms with Gasteiger partial charge in [0, 0.05) is 25.6 Å². The fraction of sp³-hybridized carbons (Fsp3) is 0.364. The van der Waals surface area contributed by atoms with Crippen LogP contribution in [0.15, 0.2) is 24.3 Å². The lowest BCUT2D eigenvalue weighted by molar-refractivity contribution is -0.128. The molecule has 0 radical (unpaired) electrons. The van der Waals surface area contributed by atoms with E-state index in [2.05, 4.69) is 0 Å². The van der Waals surface area contributed by atoms with E-state index in [1.165, 1.54) is 12.1 Å². The molecule has 1 aromatic rings. The molecule has 15 heavy (non-hydrogen) atoms. The van der Waals surface area contributed by atoms with E-state index in [9.17, 15) is 9.18 Å². The molecule has 0 aliphatic carbocycles. The van der Waals surface area contributed by atoms with Crippen LogP contribution in [0, 0.1) is 5.82 Å². The number of nitrogens with two attached hydrogens (primary N) is 1. The Morgan fingerprint density at radius 2 is 2.33 bits per heavy atom. The van der Waals surface area contributed by atoms with Gasteiger partial charge in [-0.15, -0.1) is 0 Å². The van der Waals surface area contributed by atoms with Crippen molar-refractivity contribution in [2.24, 2.45) is 5.73 Å². The molecule has 2 rings (SSSR count). The van der Waals surface area contributed by atoms with Gasteiger partial charge < -0.3 is 10.6 Å². The minimum atomic E-state index is -0.275. The number of carbonyl (C=O) groups is 1. The summed E-state index contributed by atoms with van der Waals surface area (Å²) in [5.74, 6) is -0.227. The van der Waals surface area contributed by atoms with Crippen molar-refractivity contribution >= 4 is 5.91 Å². The topological polar surface area (TPSA) is 46.3 Å². The van der Waals surface area contributed by atoms with Crippen molar-refractivity contribution in [1.82, 2.24) is 4.90 Å². The van der Waals surface area contributed by atoms with E-state index in [1.807, 2.05) is 0 Å². The number of amides is 1. The molecule has 80 valence electrons. The van der Waals surface area contributed by atoms with Crippen molar-refractivity contribution in [3.05, 3.63) is 35.6 Å². The van der Waals surface area contributed by atoms with E-state index >= 15 is 0 Å². The second-order valence-electron chi connectivity index (χ2n) is 3.87. The molecule has 1 aliphatic heterocycles. The summed E-state index contributed by atoms with van der Waals surface area (Å²) in [6, 6.07) is 6.20. The van der Waals surface area contributed by atoms with Crippen LogP contribution in [0.4, 0.5) is 4.39 Å². The Morgan fingerprint density at radius 1 is 1.53 bits per heavy atom. The van der Waals surface area contributed by atoms with Crippen LogP contribution in [0.3, 0.4) is 0 Å². The molecule has 0 saturated carbocycles. The highest BCUT2D eigenvalue weighted by atomic mass is 19.1. The van der Waals surface area contributed by atoms with Crippen molar-refractivity contribution in [3.8, 4) is 0 Å². The molecule has 2 N–H and O–H groups in total. The summed E-state index contributed by atoms with van der Waals surface area (Å²) >= 11 is 0. The van der Waals surface area contributed by atoms with Gasteiger partial charge in [-0.05, 0) is 17.7 Å². The van der Waals surface area contributed by atoms with Crippen LogP contribution >= 0.6 is 0 Å².